The van der Waals surface area contributed by atoms with Gasteiger partial charge in [0.2, 0.25) is 70.9 Å². The average Bonchev–Trinajstić information content (AvgIpc) is 1.62. The van der Waals surface area contributed by atoms with Gasteiger partial charge in [0.25, 0.3) is 0 Å². The molecule has 12 amide bonds. The number of aliphatic hydroxyl groups excluding tert-OH is 1. The number of fused-ring (bicyclic) bond motifs is 10. The van der Waals surface area contributed by atoms with Gasteiger partial charge in [-0.15, -0.1) is 23.5 Å². The summed E-state index contributed by atoms with van der Waals surface area (Å²) < 4.78 is -1.06. The Morgan fingerprint density at radius 1 is 0.638 bits per heavy atom. The number of primary amides is 1. The number of thioether (sulfide) groups is 2. The number of nitrogens with two attached hydrogens (primary N) is 6. The number of para-hydroxylation sites is 1. The van der Waals surface area contributed by atoms with Crippen LogP contribution >= 0.6 is 23.5 Å². The third kappa shape index (κ3) is 23.9. The molecule has 1 aromatic heterocycles. The number of aliphatic imine (C=N–C) groups is 2. The number of carboxylic acids is 1. The predicted octanol–water partition coefficient (Wildman–Crippen LogP) is -6.62. The summed E-state index contributed by atoms with van der Waals surface area (Å²) in [6.45, 7) is 2.69. The molecular weight excluding hydrogens is 1270 g/mol. The smallest absolute Gasteiger partial charge is 0.305 e. The molecule has 25 N–H and O–H groups in total. The van der Waals surface area contributed by atoms with Crippen molar-refractivity contribution in [2.75, 3.05) is 44.3 Å². The molecule has 1 unspecified atom stereocenters. The lowest BCUT2D eigenvalue weighted by molar-refractivity contribution is -0.146. The molecule has 518 valence electrons. The lowest BCUT2D eigenvalue weighted by atomic mass is 10.0. The number of aliphatic carboxylic acids is 1. The molecule has 3 aliphatic heterocycles. The maximum atomic E-state index is 14.7. The van der Waals surface area contributed by atoms with Gasteiger partial charge >= 0.3 is 5.97 Å². The van der Waals surface area contributed by atoms with E-state index in [0.29, 0.717) is 11.2 Å². The highest BCUT2D eigenvalue weighted by Crippen LogP contribution is 2.37. The van der Waals surface area contributed by atoms with E-state index in [-0.39, 0.29) is 114 Å². The molecular formula is C57H88N20O15S2. The van der Waals surface area contributed by atoms with Crippen molar-refractivity contribution in [2.24, 2.45) is 44.4 Å². The van der Waals surface area contributed by atoms with Crippen molar-refractivity contribution in [2.45, 2.75) is 168 Å². The van der Waals surface area contributed by atoms with Gasteiger partial charge in [0, 0.05) is 48.8 Å². The quantitative estimate of drug-likeness (QED) is 0.0422. The first-order chi connectivity index (χ1) is 44.5. The maximum absolute atomic E-state index is 14.7. The molecule has 0 radical (unpaired) electrons. The van der Waals surface area contributed by atoms with Crippen LogP contribution < -0.4 is 87.6 Å². The second-order valence-electron chi connectivity index (χ2n) is 23.2. The van der Waals surface area contributed by atoms with Crippen LogP contribution in [0.3, 0.4) is 0 Å². The number of aliphatic hydroxyl groups is 1. The van der Waals surface area contributed by atoms with Crippen LogP contribution in [0.1, 0.15) is 97.1 Å². The second kappa shape index (κ2) is 36.5. The molecule has 35 nitrogen and oxygen atoms in total. The molecule has 11 atom stereocenters. The number of nitrogens with one attached hydrogen (secondary N) is 11. The van der Waals surface area contributed by atoms with Crippen molar-refractivity contribution >= 4 is 123 Å². The number of H-pyrrole nitrogens is 1. The average molecular weight is 1360 g/mol. The first-order valence-corrected chi connectivity index (χ1v) is 32.6. The van der Waals surface area contributed by atoms with Crippen molar-refractivity contribution in [3.05, 3.63) is 36.0 Å². The van der Waals surface area contributed by atoms with Crippen LogP contribution in [-0.2, 0) is 68.7 Å². The lowest BCUT2D eigenvalue weighted by Crippen LogP contribution is -2.61. The fraction of sp³-hybridized carbons (Fsp3) is 0.596. The van der Waals surface area contributed by atoms with Gasteiger partial charge in [-0.2, -0.15) is 0 Å². The maximum Gasteiger partial charge on any atom is 0.305 e. The van der Waals surface area contributed by atoms with E-state index < -0.39 is 167 Å². The topological polar surface area (TPSA) is 583 Å². The number of carbonyl (C=O) groups is 13. The Morgan fingerprint density at radius 3 is 1.81 bits per heavy atom. The summed E-state index contributed by atoms with van der Waals surface area (Å²) in [6.07, 6.45) is -1.73. The van der Waals surface area contributed by atoms with E-state index >= 15 is 0 Å². The zero-order valence-electron chi connectivity index (χ0n) is 52.5. The third-order valence-corrected chi connectivity index (χ3v) is 18.5. The number of aromatic amines is 1. The highest BCUT2D eigenvalue weighted by Gasteiger charge is 2.42. The number of rotatable bonds is 16. The monoisotopic (exact) mass is 1360 g/mol. The van der Waals surface area contributed by atoms with Crippen LogP contribution in [0.2, 0.25) is 0 Å². The van der Waals surface area contributed by atoms with Crippen molar-refractivity contribution < 1.29 is 72.5 Å². The summed E-state index contributed by atoms with van der Waals surface area (Å²) in [5, 5.41) is 46.9. The Labute approximate surface area is 549 Å². The zero-order valence-corrected chi connectivity index (χ0v) is 54.1. The SMILES string of the molecule is C[C@@H]1NC(=O)[C@@H]2CCCC[C@H](NC(=O)CN)C(=O)N[C@@H](CSC(C)(C)SC[C@@H](C(N)=O)NC(=O)[C@H](CCCN=C(N)N)NC(=O)[C@H](Cc3cc4ccccc4[nH]3)NC1=O)C(=O)N[C@@H](CO)C(=O)N[C@@H](CC(=O)O)C(=O)N1CCCC1C(=O)N[C@@H](CCCN=C(N)N)C(=O)N2. The number of amides is 12. The summed E-state index contributed by atoms with van der Waals surface area (Å²) in [5.41, 5.74) is 35.0. The highest BCUT2D eigenvalue weighted by molar-refractivity contribution is 8.18. The minimum atomic E-state index is -1.92. The van der Waals surface area contributed by atoms with E-state index in [1.807, 2.05) is 6.07 Å². The standard InChI is InChI=1S/C57H88N20O15S2/c1-28-45(83)72-36(22-30-21-29-11-4-5-12-31(29)67-30)50(88)70-34(15-8-18-64-55(60)61)49(87)75-39(44(59)82)26-93-57(2,3)94-27-40-52(90)74-38(25-78)51(89)73-37(23-43(80)81)54(92)77-20-10-17-41(77)53(91)71-35(16-9-19-65-56(62)63)48(86)69-33(46(84)66-28)14-7-6-13-32(47(85)76-40)68-42(79)24-58/h4-5,11-12,21,28,32-41,67,78H,6-10,13-20,22-27,58H2,1-3H3,(H2,59,82)(H,66,84)(H,68,79)(H,69,86)(H,70,88)(H,71,91)(H,72,83)(H,73,89)(H,74,90)(H,75,87)(H,76,85)(H,80,81)(H4,60,61,64)(H4,62,63,65)/t28-,32-,33-,34-,35-,36-,37-,38-,39-,40-,41?/m0/s1. The van der Waals surface area contributed by atoms with Gasteiger partial charge in [-0.05, 0) is 89.7 Å². The first-order valence-electron chi connectivity index (χ1n) is 30.6. The molecule has 5 rings (SSSR count). The van der Waals surface area contributed by atoms with E-state index in [0.717, 1.165) is 33.8 Å². The molecule has 0 saturated carbocycles. The molecule has 2 aromatic rings. The van der Waals surface area contributed by atoms with Crippen LogP contribution in [0.5, 0.6) is 0 Å². The summed E-state index contributed by atoms with van der Waals surface area (Å²) in [7, 11) is 0. The number of aromatic nitrogens is 1. The van der Waals surface area contributed by atoms with E-state index in [1.165, 1.54) is 6.92 Å². The predicted molar refractivity (Wildman–Crippen MR) is 347 cm³/mol. The van der Waals surface area contributed by atoms with Gasteiger partial charge in [-0.3, -0.25) is 72.3 Å². The Balaban J connectivity index is 1.67. The largest absolute Gasteiger partial charge is 0.481 e. The molecule has 3 fully saturated rings. The number of hydrogen-bond donors (Lipinski definition) is 19. The number of benzene rings is 1. The molecule has 1 aromatic carbocycles. The van der Waals surface area contributed by atoms with Crippen molar-refractivity contribution in [3.8, 4) is 0 Å². The second-order valence-corrected chi connectivity index (χ2v) is 26.7. The van der Waals surface area contributed by atoms with E-state index in [1.54, 1.807) is 38.1 Å². The molecule has 0 spiro atoms. The van der Waals surface area contributed by atoms with Gasteiger partial charge in [-0.25, -0.2) is 0 Å². The van der Waals surface area contributed by atoms with Crippen LogP contribution in [0.4, 0.5) is 0 Å². The van der Waals surface area contributed by atoms with Gasteiger partial charge in [0.05, 0.1) is 23.7 Å². The van der Waals surface area contributed by atoms with Gasteiger partial charge in [0.1, 0.15) is 66.5 Å². The minimum absolute atomic E-state index is 0.000199. The van der Waals surface area contributed by atoms with Crippen LogP contribution in [0.25, 0.3) is 10.9 Å². The Morgan fingerprint density at radius 2 is 1.19 bits per heavy atom. The van der Waals surface area contributed by atoms with Crippen LogP contribution in [0, 0.1) is 0 Å². The summed E-state index contributed by atoms with van der Waals surface area (Å²) in [6, 6.07) is -8.32. The molecule has 37 heteroatoms. The van der Waals surface area contributed by atoms with Gasteiger partial charge in [-0.1, -0.05) is 31.0 Å². The van der Waals surface area contributed by atoms with E-state index in [9.17, 15) is 72.5 Å². The Hall–Kier alpha value is -8.97. The fourth-order valence-corrected chi connectivity index (χ4v) is 12.7. The van der Waals surface area contributed by atoms with Gasteiger partial charge < -0.3 is 108 Å². The lowest BCUT2D eigenvalue weighted by Gasteiger charge is -2.31. The normalized spacial score (nSPS) is 26.4. The molecule has 4 heterocycles. The number of guanidine groups is 2. The molecule has 3 saturated heterocycles. The molecule has 2 bridgehead atoms. The third-order valence-electron chi connectivity index (χ3n) is 15.4. The summed E-state index contributed by atoms with van der Waals surface area (Å²) >= 11 is 2.09. The number of carbonyl (C=O) groups excluding carboxylic acids is 12. The van der Waals surface area contributed by atoms with Crippen molar-refractivity contribution in [1.82, 2.24) is 63.1 Å². The zero-order chi connectivity index (χ0) is 69.4. The summed E-state index contributed by atoms with van der Waals surface area (Å²) in [4.78, 5) is 196. The highest BCUT2D eigenvalue weighted by atomic mass is 32.2. The summed E-state index contributed by atoms with van der Waals surface area (Å²) in [5.74, 6) is -14.5. The molecule has 94 heavy (non-hydrogen) atoms. The molecule has 3 aliphatic rings. The first kappa shape index (κ1) is 75.7. The van der Waals surface area contributed by atoms with Crippen molar-refractivity contribution in [3.63, 3.8) is 0 Å². The number of carboxylic acid groups (broad SMARTS) is 1. The number of nitrogens with zero attached hydrogens (tertiary/aromatic N) is 3. The van der Waals surface area contributed by atoms with Crippen molar-refractivity contribution in [1.29, 1.82) is 0 Å². The number of hydrogen-bond acceptors (Lipinski definition) is 19. The van der Waals surface area contributed by atoms with Gasteiger partial charge in [0.15, 0.2) is 11.9 Å². The van der Waals surface area contributed by atoms with E-state index in [4.69, 9.17) is 34.4 Å². The van der Waals surface area contributed by atoms with Crippen LogP contribution in [-0.4, -0.2) is 224 Å². The Bertz CT molecular complexity index is 3110. The van der Waals surface area contributed by atoms with E-state index in [2.05, 4.69) is 68.1 Å². The molecule has 0 aliphatic carbocycles. The Kier molecular flexibility index (Phi) is 29.4. The minimum Gasteiger partial charge on any atom is -0.481 e. The van der Waals surface area contributed by atoms with Crippen LogP contribution in [0.15, 0.2) is 40.3 Å². The fourth-order valence-electron chi connectivity index (χ4n) is 10.3.